The van der Waals surface area contributed by atoms with E-state index in [0.29, 0.717) is 0 Å². The Labute approximate surface area is 103 Å². The fourth-order valence-electron chi connectivity index (χ4n) is 2.01. The van der Waals surface area contributed by atoms with Crippen LogP contribution in [-0.4, -0.2) is 39.0 Å². The number of nitrogens with one attached hydrogen (secondary N) is 2. The van der Waals surface area contributed by atoms with Gasteiger partial charge in [-0.1, -0.05) is 25.7 Å². The first-order valence-electron chi connectivity index (χ1n) is 6.19. The molecule has 0 aromatic heterocycles. The summed E-state index contributed by atoms with van der Waals surface area (Å²) in [5.41, 5.74) is 0. The fourth-order valence-corrected chi connectivity index (χ4v) is 2.48. The van der Waals surface area contributed by atoms with E-state index in [1.807, 2.05) is 0 Å². The molecule has 0 aromatic carbocycles. The Balaban J connectivity index is 2.19. The summed E-state index contributed by atoms with van der Waals surface area (Å²) in [5, 5.41) is 5.48. The second kappa shape index (κ2) is 6.83. The maximum absolute atomic E-state index is 11.5. The third-order valence-corrected chi connectivity index (χ3v) is 3.89. The van der Waals surface area contributed by atoms with Crippen LogP contribution in [0.2, 0.25) is 0 Å². The molecule has 100 valence electrons. The van der Waals surface area contributed by atoms with Gasteiger partial charge in [0.15, 0.2) is 0 Å². The van der Waals surface area contributed by atoms with Crippen LogP contribution in [0.1, 0.15) is 38.5 Å². The minimum Gasteiger partial charge on any atom is -0.337 e. The average Bonchev–Trinajstić information content (AvgIpc) is 2.44. The smallest absolute Gasteiger partial charge is 0.315 e. The summed E-state index contributed by atoms with van der Waals surface area (Å²) >= 11 is 0. The summed E-state index contributed by atoms with van der Waals surface area (Å²) < 4.78 is 21.8. The maximum Gasteiger partial charge on any atom is 0.315 e. The quantitative estimate of drug-likeness (QED) is 0.744. The fraction of sp³-hybridized carbons (Fsp3) is 0.909. The highest BCUT2D eigenvalue weighted by atomic mass is 32.2. The van der Waals surface area contributed by atoms with Gasteiger partial charge in [0, 0.05) is 18.8 Å². The van der Waals surface area contributed by atoms with Gasteiger partial charge in [0.05, 0.1) is 5.75 Å². The van der Waals surface area contributed by atoms with Gasteiger partial charge in [-0.15, -0.1) is 0 Å². The molecule has 17 heavy (non-hydrogen) atoms. The van der Waals surface area contributed by atoms with Crippen LogP contribution in [0.5, 0.6) is 0 Å². The lowest BCUT2D eigenvalue weighted by molar-refractivity contribution is 0.236. The molecule has 0 heterocycles. The van der Waals surface area contributed by atoms with Crippen LogP contribution in [-0.2, 0) is 9.84 Å². The van der Waals surface area contributed by atoms with Crippen LogP contribution in [0.15, 0.2) is 0 Å². The third-order valence-electron chi connectivity index (χ3n) is 2.95. The van der Waals surface area contributed by atoms with Gasteiger partial charge in [-0.3, -0.25) is 0 Å². The molecule has 6 heteroatoms. The van der Waals surface area contributed by atoms with E-state index in [-0.39, 0.29) is 24.4 Å². The van der Waals surface area contributed by atoms with Gasteiger partial charge in [-0.25, -0.2) is 13.2 Å². The van der Waals surface area contributed by atoms with Crippen molar-refractivity contribution in [2.24, 2.45) is 0 Å². The van der Waals surface area contributed by atoms with E-state index < -0.39 is 9.84 Å². The van der Waals surface area contributed by atoms with Crippen molar-refractivity contribution in [2.75, 3.05) is 18.6 Å². The van der Waals surface area contributed by atoms with E-state index in [1.165, 1.54) is 12.8 Å². The number of urea groups is 1. The van der Waals surface area contributed by atoms with Crippen molar-refractivity contribution >= 4 is 15.9 Å². The Morgan fingerprint density at radius 1 is 1.18 bits per heavy atom. The van der Waals surface area contributed by atoms with Crippen molar-refractivity contribution in [3.63, 3.8) is 0 Å². The number of amides is 2. The molecule has 2 N–H and O–H groups in total. The number of hydrogen-bond donors (Lipinski definition) is 2. The van der Waals surface area contributed by atoms with Crippen LogP contribution in [0.25, 0.3) is 0 Å². The Kier molecular flexibility index (Phi) is 5.74. The molecule has 5 nitrogen and oxygen atoms in total. The van der Waals surface area contributed by atoms with Gasteiger partial charge in [0.1, 0.15) is 9.84 Å². The summed E-state index contributed by atoms with van der Waals surface area (Å²) in [5.74, 6) is -0.00884. The molecule has 1 saturated carbocycles. The summed E-state index contributed by atoms with van der Waals surface area (Å²) in [6.45, 7) is 0.178. The maximum atomic E-state index is 11.5. The molecule has 0 radical (unpaired) electrons. The normalized spacial score (nSPS) is 18.4. The predicted molar refractivity (Wildman–Crippen MR) is 67.7 cm³/mol. The van der Waals surface area contributed by atoms with Crippen molar-refractivity contribution in [1.82, 2.24) is 10.6 Å². The van der Waals surface area contributed by atoms with E-state index in [2.05, 4.69) is 10.6 Å². The Morgan fingerprint density at radius 2 is 1.76 bits per heavy atom. The zero-order valence-corrected chi connectivity index (χ0v) is 11.2. The molecule has 0 unspecified atom stereocenters. The van der Waals surface area contributed by atoms with Gasteiger partial charge in [0.2, 0.25) is 0 Å². The number of sulfone groups is 1. The second-order valence-corrected chi connectivity index (χ2v) is 6.98. The number of rotatable bonds is 4. The molecule has 0 saturated heterocycles. The Hall–Kier alpha value is -0.780. The molecule has 0 spiro atoms. The zero-order valence-electron chi connectivity index (χ0n) is 10.4. The van der Waals surface area contributed by atoms with E-state index in [4.69, 9.17) is 0 Å². The first kappa shape index (κ1) is 14.3. The van der Waals surface area contributed by atoms with E-state index in [1.54, 1.807) is 0 Å². The highest BCUT2D eigenvalue weighted by molar-refractivity contribution is 7.90. The molecule has 1 aliphatic carbocycles. The molecule has 2 amide bonds. The zero-order chi connectivity index (χ0) is 12.7. The number of carbonyl (C=O) groups excluding carboxylic acids is 1. The first-order chi connectivity index (χ1) is 7.97. The van der Waals surface area contributed by atoms with Crippen molar-refractivity contribution in [3.05, 3.63) is 0 Å². The minimum absolute atomic E-state index is 0.00884. The lowest BCUT2D eigenvalue weighted by Gasteiger charge is -2.16. The number of hydrogen-bond acceptors (Lipinski definition) is 3. The van der Waals surface area contributed by atoms with Crippen molar-refractivity contribution < 1.29 is 13.2 Å². The van der Waals surface area contributed by atoms with Crippen LogP contribution in [0.4, 0.5) is 4.79 Å². The van der Waals surface area contributed by atoms with Crippen molar-refractivity contribution in [1.29, 1.82) is 0 Å². The SMILES string of the molecule is CS(=O)(=O)CCNC(=O)NC1CCCCCC1. The molecule has 1 aliphatic rings. The molecular formula is C11H22N2O3S. The summed E-state index contributed by atoms with van der Waals surface area (Å²) in [7, 11) is -3.00. The van der Waals surface area contributed by atoms with Crippen molar-refractivity contribution in [2.45, 2.75) is 44.6 Å². The minimum atomic E-state index is -3.00. The highest BCUT2D eigenvalue weighted by Crippen LogP contribution is 2.16. The van der Waals surface area contributed by atoms with Gasteiger partial charge in [-0.2, -0.15) is 0 Å². The van der Waals surface area contributed by atoms with Crippen LogP contribution >= 0.6 is 0 Å². The molecule has 0 atom stereocenters. The van der Waals surface area contributed by atoms with Crippen LogP contribution in [0, 0.1) is 0 Å². The molecule has 0 bridgehead atoms. The van der Waals surface area contributed by atoms with Gasteiger partial charge in [0.25, 0.3) is 0 Å². The molecule has 1 rings (SSSR count). The monoisotopic (exact) mass is 262 g/mol. The molecule has 1 fully saturated rings. The van der Waals surface area contributed by atoms with Gasteiger partial charge >= 0.3 is 6.03 Å². The number of carbonyl (C=O) groups is 1. The van der Waals surface area contributed by atoms with Crippen LogP contribution in [0.3, 0.4) is 0 Å². The summed E-state index contributed by atoms with van der Waals surface area (Å²) in [4.78, 5) is 11.5. The average molecular weight is 262 g/mol. The molecular weight excluding hydrogens is 240 g/mol. The largest absolute Gasteiger partial charge is 0.337 e. The van der Waals surface area contributed by atoms with E-state index in [9.17, 15) is 13.2 Å². The standard InChI is InChI=1S/C11H22N2O3S/c1-17(15,16)9-8-12-11(14)13-10-6-4-2-3-5-7-10/h10H,2-9H2,1H3,(H2,12,13,14). The molecule has 0 aliphatic heterocycles. The highest BCUT2D eigenvalue weighted by Gasteiger charge is 2.14. The summed E-state index contributed by atoms with van der Waals surface area (Å²) in [6, 6.07) is -0.00344. The Bertz CT molecular complexity index is 333. The van der Waals surface area contributed by atoms with Gasteiger partial charge < -0.3 is 10.6 Å². The van der Waals surface area contributed by atoms with E-state index >= 15 is 0 Å². The summed E-state index contributed by atoms with van der Waals surface area (Å²) in [6.07, 6.45) is 8.03. The molecule has 0 aromatic rings. The predicted octanol–water partition coefficient (Wildman–Crippen LogP) is 1.05. The second-order valence-electron chi connectivity index (χ2n) is 4.72. The first-order valence-corrected chi connectivity index (χ1v) is 8.25. The lowest BCUT2D eigenvalue weighted by Crippen LogP contribution is -2.43. The Morgan fingerprint density at radius 3 is 2.29 bits per heavy atom. The van der Waals surface area contributed by atoms with E-state index in [0.717, 1.165) is 31.9 Å². The van der Waals surface area contributed by atoms with Crippen LogP contribution < -0.4 is 10.6 Å². The third kappa shape index (κ3) is 7.20. The lowest BCUT2D eigenvalue weighted by atomic mass is 10.1. The van der Waals surface area contributed by atoms with Crippen molar-refractivity contribution in [3.8, 4) is 0 Å². The topological polar surface area (TPSA) is 75.3 Å². The van der Waals surface area contributed by atoms with Gasteiger partial charge in [-0.05, 0) is 12.8 Å².